The van der Waals surface area contributed by atoms with Crippen LogP contribution in [0, 0.1) is 0 Å². The van der Waals surface area contributed by atoms with Crippen LogP contribution in [-0.4, -0.2) is 63.2 Å². The van der Waals surface area contributed by atoms with Gasteiger partial charge in [-0.05, 0) is 6.42 Å². The van der Waals surface area contributed by atoms with Crippen molar-refractivity contribution in [2.75, 3.05) is 13.1 Å². The zero-order valence-electron chi connectivity index (χ0n) is 9.40. The van der Waals surface area contributed by atoms with Gasteiger partial charge in [0.25, 0.3) is 0 Å². The summed E-state index contributed by atoms with van der Waals surface area (Å²) in [7, 11) is 0. The Morgan fingerprint density at radius 1 is 1.00 bits per heavy atom. The summed E-state index contributed by atoms with van der Waals surface area (Å²) in [5.41, 5.74) is 4.86. The van der Waals surface area contributed by atoms with Gasteiger partial charge in [-0.15, -0.1) is 0 Å². The molecule has 0 aliphatic rings. The number of nitrogens with zero attached hydrogens (tertiary/aromatic N) is 1. The van der Waals surface area contributed by atoms with Crippen LogP contribution in [0.2, 0.25) is 0 Å². The van der Waals surface area contributed by atoms with Crippen LogP contribution in [0.15, 0.2) is 0 Å². The molecule has 0 aromatic rings. The molecule has 0 radical (unpaired) electrons. The average Bonchev–Trinajstić information content (AvgIpc) is 2.14. The Balaban J connectivity index is 4.83. The summed E-state index contributed by atoms with van der Waals surface area (Å²) in [6, 6.07) is -1.38. The molecule has 18 heavy (non-hydrogen) atoms. The molecule has 0 rings (SSSR count). The van der Waals surface area contributed by atoms with E-state index in [-0.39, 0.29) is 12.8 Å². The van der Waals surface area contributed by atoms with E-state index in [0.717, 1.165) is 4.90 Å². The second-order valence-corrected chi connectivity index (χ2v) is 3.55. The van der Waals surface area contributed by atoms with Gasteiger partial charge in [0.05, 0.1) is 13.1 Å². The molecular weight excluding hydrogens is 248 g/mol. The molecule has 1 amide bonds. The lowest BCUT2D eigenvalue weighted by molar-refractivity contribution is -0.149. The molecule has 0 bridgehead atoms. The first-order valence-electron chi connectivity index (χ1n) is 4.92. The highest BCUT2D eigenvalue weighted by Gasteiger charge is 2.29. The van der Waals surface area contributed by atoms with Gasteiger partial charge in [-0.3, -0.25) is 24.1 Å². The molecule has 0 aliphatic carbocycles. The SMILES string of the molecule is NC(=O)CCC(C(=O)O)N(CC(=O)O)CC(=O)O. The van der Waals surface area contributed by atoms with E-state index < -0.39 is 42.9 Å². The van der Waals surface area contributed by atoms with Crippen molar-refractivity contribution >= 4 is 23.8 Å². The standard InChI is InChI=1S/C9H14N2O7/c10-6(12)2-1-5(9(17)18)11(3-7(13)14)4-8(15)16/h5H,1-4H2,(H2,10,12)(H,13,14)(H,15,16)(H,17,18). The lowest BCUT2D eigenvalue weighted by Crippen LogP contribution is -2.46. The highest BCUT2D eigenvalue weighted by atomic mass is 16.4. The Bertz CT molecular complexity index is 339. The fourth-order valence-electron chi connectivity index (χ4n) is 1.36. The van der Waals surface area contributed by atoms with E-state index in [1.807, 2.05) is 0 Å². The van der Waals surface area contributed by atoms with Gasteiger partial charge in [-0.1, -0.05) is 0 Å². The topological polar surface area (TPSA) is 158 Å². The molecule has 9 nitrogen and oxygen atoms in total. The maximum Gasteiger partial charge on any atom is 0.320 e. The summed E-state index contributed by atoms with van der Waals surface area (Å²) in [4.78, 5) is 43.3. The van der Waals surface area contributed by atoms with Gasteiger partial charge in [0.2, 0.25) is 5.91 Å². The van der Waals surface area contributed by atoms with Crippen molar-refractivity contribution in [3.8, 4) is 0 Å². The summed E-state index contributed by atoms with van der Waals surface area (Å²) in [6.07, 6.45) is -0.516. The Morgan fingerprint density at radius 2 is 1.44 bits per heavy atom. The number of carbonyl (C=O) groups excluding carboxylic acids is 1. The van der Waals surface area contributed by atoms with Crippen LogP contribution >= 0.6 is 0 Å². The van der Waals surface area contributed by atoms with Gasteiger partial charge in [-0.25, -0.2) is 0 Å². The first-order valence-corrected chi connectivity index (χ1v) is 4.92. The van der Waals surface area contributed by atoms with Crippen LogP contribution in [0.3, 0.4) is 0 Å². The molecule has 0 aromatic carbocycles. The monoisotopic (exact) mass is 262 g/mol. The largest absolute Gasteiger partial charge is 0.480 e. The van der Waals surface area contributed by atoms with Crippen LogP contribution < -0.4 is 5.73 Å². The van der Waals surface area contributed by atoms with Crippen LogP contribution in [0.5, 0.6) is 0 Å². The summed E-state index contributed by atoms with van der Waals surface area (Å²) in [5, 5.41) is 26.1. The van der Waals surface area contributed by atoms with Crippen molar-refractivity contribution in [2.45, 2.75) is 18.9 Å². The van der Waals surface area contributed by atoms with Gasteiger partial charge in [-0.2, -0.15) is 0 Å². The number of primary amides is 1. The molecular formula is C9H14N2O7. The number of hydrogen-bond donors (Lipinski definition) is 4. The molecule has 0 fully saturated rings. The number of aliphatic carboxylic acids is 3. The van der Waals surface area contributed by atoms with E-state index in [4.69, 9.17) is 21.1 Å². The van der Waals surface area contributed by atoms with Crippen molar-refractivity contribution in [1.29, 1.82) is 0 Å². The summed E-state index contributed by atoms with van der Waals surface area (Å²) in [6.45, 7) is -1.50. The lowest BCUT2D eigenvalue weighted by Gasteiger charge is -2.25. The van der Waals surface area contributed by atoms with E-state index >= 15 is 0 Å². The van der Waals surface area contributed by atoms with Crippen molar-refractivity contribution in [2.24, 2.45) is 5.73 Å². The molecule has 1 unspecified atom stereocenters. The number of carboxylic acid groups (broad SMARTS) is 3. The van der Waals surface area contributed by atoms with Crippen LogP contribution in [0.4, 0.5) is 0 Å². The van der Waals surface area contributed by atoms with E-state index in [0.29, 0.717) is 0 Å². The second-order valence-electron chi connectivity index (χ2n) is 3.55. The first kappa shape index (κ1) is 15.8. The summed E-state index contributed by atoms with van der Waals surface area (Å²) in [5.74, 6) is -4.87. The first-order chi connectivity index (χ1) is 8.23. The normalized spacial score (nSPS) is 12.1. The molecule has 0 aliphatic heterocycles. The Morgan fingerprint density at radius 3 is 1.72 bits per heavy atom. The van der Waals surface area contributed by atoms with Crippen molar-refractivity contribution in [3.63, 3.8) is 0 Å². The quantitative estimate of drug-likeness (QED) is 0.378. The van der Waals surface area contributed by atoms with Gasteiger partial charge in [0.1, 0.15) is 6.04 Å². The van der Waals surface area contributed by atoms with Gasteiger partial charge < -0.3 is 21.1 Å². The van der Waals surface area contributed by atoms with Gasteiger partial charge in [0.15, 0.2) is 0 Å². The minimum Gasteiger partial charge on any atom is -0.480 e. The fourth-order valence-corrected chi connectivity index (χ4v) is 1.36. The highest BCUT2D eigenvalue weighted by Crippen LogP contribution is 2.07. The van der Waals surface area contributed by atoms with E-state index in [9.17, 15) is 19.2 Å². The van der Waals surface area contributed by atoms with Crippen molar-refractivity contribution in [3.05, 3.63) is 0 Å². The van der Waals surface area contributed by atoms with E-state index in [1.54, 1.807) is 0 Å². The Hall–Kier alpha value is -2.16. The molecule has 0 heterocycles. The molecule has 9 heteroatoms. The van der Waals surface area contributed by atoms with Gasteiger partial charge >= 0.3 is 17.9 Å². The summed E-state index contributed by atoms with van der Waals surface area (Å²) >= 11 is 0. The average molecular weight is 262 g/mol. The molecule has 0 aromatic heterocycles. The zero-order valence-corrected chi connectivity index (χ0v) is 9.40. The van der Waals surface area contributed by atoms with Crippen LogP contribution in [0.25, 0.3) is 0 Å². The summed E-state index contributed by atoms with van der Waals surface area (Å²) < 4.78 is 0. The predicted molar refractivity (Wildman–Crippen MR) is 56.7 cm³/mol. The Labute approximate surface area is 102 Å². The molecule has 0 saturated carbocycles. The minimum absolute atomic E-state index is 0.245. The molecule has 5 N–H and O–H groups in total. The number of hydrogen-bond acceptors (Lipinski definition) is 5. The van der Waals surface area contributed by atoms with Crippen molar-refractivity contribution < 1.29 is 34.5 Å². The number of carboxylic acids is 3. The smallest absolute Gasteiger partial charge is 0.320 e. The van der Waals surface area contributed by atoms with E-state index in [2.05, 4.69) is 0 Å². The molecule has 0 saturated heterocycles. The fraction of sp³-hybridized carbons (Fsp3) is 0.556. The number of rotatable bonds is 9. The molecule has 1 atom stereocenters. The third-order valence-corrected chi connectivity index (χ3v) is 2.07. The number of amides is 1. The van der Waals surface area contributed by atoms with Gasteiger partial charge in [0, 0.05) is 6.42 Å². The molecule has 102 valence electrons. The predicted octanol–water partition coefficient (Wildman–Crippen LogP) is -1.82. The highest BCUT2D eigenvalue weighted by molar-refractivity contribution is 5.79. The van der Waals surface area contributed by atoms with Crippen LogP contribution in [-0.2, 0) is 19.2 Å². The maximum absolute atomic E-state index is 10.9. The van der Waals surface area contributed by atoms with E-state index in [1.165, 1.54) is 0 Å². The van der Waals surface area contributed by atoms with Crippen LogP contribution in [0.1, 0.15) is 12.8 Å². The third kappa shape index (κ3) is 6.43. The third-order valence-electron chi connectivity index (χ3n) is 2.07. The lowest BCUT2D eigenvalue weighted by atomic mass is 10.1. The van der Waals surface area contributed by atoms with Crippen molar-refractivity contribution in [1.82, 2.24) is 4.90 Å². The zero-order chi connectivity index (χ0) is 14.3. The number of carbonyl (C=O) groups is 4. The number of nitrogens with two attached hydrogens (primary N) is 1. The second kappa shape index (κ2) is 7.22. The minimum atomic E-state index is -1.40. The molecule has 0 spiro atoms. The Kier molecular flexibility index (Phi) is 6.35. The maximum atomic E-state index is 10.9.